The van der Waals surface area contributed by atoms with Gasteiger partial charge >= 0.3 is 6.03 Å². The van der Waals surface area contributed by atoms with Gasteiger partial charge < -0.3 is 15.0 Å². The molecule has 1 atom stereocenters. The molecule has 0 aromatic heterocycles. The molecule has 1 aromatic rings. The summed E-state index contributed by atoms with van der Waals surface area (Å²) in [6.07, 6.45) is 4.39. The lowest BCUT2D eigenvalue weighted by Gasteiger charge is -2.25. The second-order valence-electron chi connectivity index (χ2n) is 6.29. The molecule has 0 bridgehead atoms. The van der Waals surface area contributed by atoms with E-state index in [0.29, 0.717) is 25.1 Å². The lowest BCUT2D eigenvalue weighted by atomic mass is 10.2. The van der Waals surface area contributed by atoms with Gasteiger partial charge in [0.2, 0.25) is 0 Å². The third kappa shape index (κ3) is 5.24. The molecule has 4 heteroatoms. The number of urea groups is 1. The van der Waals surface area contributed by atoms with E-state index in [9.17, 15) is 4.79 Å². The van der Waals surface area contributed by atoms with Crippen LogP contribution in [-0.4, -0.2) is 37.2 Å². The first-order valence-corrected chi connectivity index (χ1v) is 8.28. The fourth-order valence-electron chi connectivity index (χ4n) is 2.45. The first kappa shape index (κ1) is 16.7. The Labute approximate surface area is 133 Å². The minimum Gasteiger partial charge on any atom is -0.494 e. The minimum atomic E-state index is 0.0406. The molecule has 0 saturated heterocycles. The van der Waals surface area contributed by atoms with Crippen molar-refractivity contribution in [1.82, 2.24) is 10.2 Å². The number of aryl methyl sites for hydroxylation is 1. The first-order chi connectivity index (χ1) is 10.6. The molecule has 1 N–H and O–H groups in total. The summed E-state index contributed by atoms with van der Waals surface area (Å²) in [7, 11) is 1.89. The predicted molar refractivity (Wildman–Crippen MR) is 89.3 cm³/mol. The highest BCUT2D eigenvalue weighted by Crippen LogP contribution is 2.34. The normalized spacial score (nSPS) is 15.2. The number of nitrogens with one attached hydrogen (secondary N) is 1. The monoisotopic (exact) mass is 304 g/mol. The van der Waals surface area contributed by atoms with Crippen LogP contribution in [0.4, 0.5) is 4.79 Å². The van der Waals surface area contributed by atoms with Crippen molar-refractivity contribution >= 4 is 6.03 Å². The van der Waals surface area contributed by atoms with E-state index in [1.54, 1.807) is 0 Å². The fourth-order valence-corrected chi connectivity index (χ4v) is 2.45. The SMILES string of the molecule is Cc1ccc(OCCCCNC(=O)N(C)C(C)C2CC2)cc1. The van der Waals surface area contributed by atoms with Crippen LogP contribution in [0.5, 0.6) is 5.75 Å². The van der Waals surface area contributed by atoms with E-state index in [0.717, 1.165) is 18.6 Å². The zero-order chi connectivity index (χ0) is 15.9. The molecule has 1 aliphatic carbocycles. The van der Waals surface area contributed by atoms with Gasteiger partial charge in [-0.3, -0.25) is 0 Å². The van der Waals surface area contributed by atoms with Crippen LogP contribution in [0.25, 0.3) is 0 Å². The summed E-state index contributed by atoms with van der Waals surface area (Å²) in [5.41, 5.74) is 1.24. The maximum Gasteiger partial charge on any atom is 0.317 e. The highest BCUT2D eigenvalue weighted by Gasteiger charge is 2.32. The summed E-state index contributed by atoms with van der Waals surface area (Å²) in [6, 6.07) is 8.47. The van der Waals surface area contributed by atoms with Gasteiger partial charge in [-0.15, -0.1) is 0 Å². The van der Waals surface area contributed by atoms with Crippen LogP contribution in [0.3, 0.4) is 0 Å². The molecule has 0 heterocycles. The summed E-state index contributed by atoms with van der Waals surface area (Å²) in [4.78, 5) is 13.8. The van der Waals surface area contributed by atoms with E-state index in [-0.39, 0.29) is 6.03 Å². The second kappa shape index (κ2) is 8.06. The van der Waals surface area contributed by atoms with E-state index in [2.05, 4.69) is 19.2 Å². The van der Waals surface area contributed by atoms with Crippen molar-refractivity contribution in [3.63, 3.8) is 0 Å². The van der Waals surface area contributed by atoms with Gasteiger partial charge in [-0.05, 0) is 57.6 Å². The van der Waals surface area contributed by atoms with Crippen molar-refractivity contribution in [3.05, 3.63) is 29.8 Å². The standard InChI is InChI=1S/C18H28N2O2/c1-14-6-10-17(11-7-14)22-13-5-4-12-19-18(21)20(3)15(2)16-8-9-16/h6-7,10-11,15-16H,4-5,8-9,12-13H2,1-3H3,(H,19,21). The number of amides is 2. The molecule has 1 fully saturated rings. The third-order valence-electron chi connectivity index (χ3n) is 4.37. The Morgan fingerprint density at radius 1 is 1.32 bits per heavy atom. The molecule has 1 aliphatic rings. The van der Waals surface area contributed by atoms with E-state index in [4.69, 9.17) is 4.74 Å². The van der Waals surface area contributed by atoms with E-state index < -0.39 is 0 Å². The van der Waals surface area contributed by atoms with Crippen molar-refractivity contribution in [1.29, 1.82) is 0 Å². The molecule has 4 nitrogen and oxygen atoms in total. The highest BCUT2D eigenvalue weighted by atomic mass is 16.5. The largest absolute Gasteiger partial charge is 0.494 e. The Kier molecular flexibility index (Phi) is 6.10. The number of hydrogen-bond acceptors (Lipinski definition) is 2. The average Bonchev–Trinajstić information content (AvgIpc) is 3.35. The lowest BCUT2D eigenvalue weighted by Crippen LogP contribution is -2.43. The number of carbonyl (C=O) groups is 1. The van der Waals surface area contributed by atoms with Crippen LogP contribution in [0.1, 0.15) is 38.2 Å². The third-order valence-corrected chi connectivity index (χ3v) is 4.37. The Morgan fingerprint density at radius 3 is 2.64 bits per heavy atom. The van der Waals surface area contributed by atoms with Crippen LogP contribution in [0.15, 0.2) is 24.3 Å². The molecule has 1 aromatic carbocycles. The molecule has 0 aliphatic heterocycles. The van der Waals surface area contributed by atoms with Gasteiger partial charge in [0.05, 0.1) is 6.61 Å². The molecule has 22 heavy (non-hydrogen) atoms. The zero-order valence-corrected chi connectivity index (χ0v) is 14.0. The summed E-state index contributed by atoms with van der Waals surface area (Å²) < 4.78 is 5.67. The molecular formula is C18H28N2O2. The van der Waals surface area contributed by atoms with Crippen LogP contribution < -0.4 is 10.1 Å². The van der Waals surface area contributed by atoms with Crippen molar-refractivity contribution in [2.45, 2.75) is 45.6 Å². The summed E-state index contributed by atoms with van der Waals surface area (Å²) in [5, 5.41) is 2.98. The quantitative estimate of drug-likeness (QED) is 0.746. The van der Waals surface area contributed by atoms with Crippen LogP contribution >= 0.6 is 0 Å². The van der Waals surface area contributed by atoms with E-state index in [1.807, 2.05) is 36.2 Å². The number of unbranched alkanes of at least 4 members (excludes halogenated alkanes) is 1. The molecule has 2 rings (SSSR count). The molecule has 122 valence electrons. The summed E-state index contributed by atoms with van der Waals surface area (Å²) in [5.74, 6) is 1.62. The molecule has 0 spiro atoms. The van der Waals surface area contributed by atoms with Gasteiger partial charge in [0, 0.05) is 19.6 Å². The van der Waals surface area contributed by atoms with Crippen molar-refractivity contribution in [2.24, 2.45) is 5.92 Å². The summed E-state index contributed by atoms with van der Waals surface area (Å²) in [6.45, 7) is 5.59. The van der Waals surface area contributed by atoms with Crippen LogP contribution in [-0.2, 0) is 0 Å². The fraction of sp³-hybridized carbons (Fsp3) is 0.611. The van der Waals surface area contributed by atoms with Crippen molar-refractivity contribution < 1.29 is 9.53 Å². The Balaban J connectivity index is 1.53. The van der Waals surface area contributed by atoms with Gasteiger partial charge in [0.1, 0.15) is 5.75 Å². The number of rotatable bonds is 8. The van der Waals surface area contributed by atoms with Crippen molar-refractivity contribution in [3.8, 4) is 5.75 Å². The average molecular weight is 304 g/mol. The van der Waals surface area contributed by atoms with Gasteiger partial charge in [0.25, 0.3) is 0 Å². The maximum atomic E-state index is 12.0. The smallest absolute Gasteiger partial charge is 0.317 e. The van der Waals surface area contributed by atoms with Crippen molar-refractivity contribution in [2.75, 3.05) is 20.2 Å². The Morgan fingerprint density at radius 2 is 2.00 bits per heavy atom. The molecular weight excluding hydrogens is 276 g/mol. The number of carbonyl (C=O) groups excluding carboxylic acids is 1. The maximum absolute atomic E-state index is 12.0. The Hall–Kier alpha value is -1.71. The minimum absolute atomic E-state index is 0.0406. The number of ether oxygens (including phenoxy) is 1. The molecule has 1 saturated carbocycles. The lowest BCUT2D eigenvalue weighted by molar-refractivity contribution is 0.187. The summed E-state index contributed by atoms with van der Waals surface area (Å²) >= 11 is 0. The highest BCUT2D eigenvalue weighted by molar-refractivity contribution is 5.74. The second-order valence-corrected chi connectivity index (χ2v) is 6.29. The number of nitrogens with zero attached hydrogens (tertiary/aromatic N) is 1. The predicted octanol–water partition coefficient (Wildman–Crippen LogP) is 3.59. The zero-order valence-electron chi connectivity index (χ0n) is 14.0. The van der Waals surface area contributed by atoms with Gasteiger partial charge in [-0.25, -0.2) is 4.79 Å². The van der Waals surface area contributed by atoms with Crippen LogP contribution in [0, 0.1) is 12.8 Å². The first-order valence-electron chi connectivity index (χ1n) is 8.28. The Bertz CT molecular complexity index is 468. The van der Waals surface area contributed by atoms with Gasteiger partial charge in [-0.1, -0.05) is 17.7 Å². The molecule has 2 amide bonds. The number of hydrogen-bond donors (Lipinski definition) is 1. The van der Waals surface area contributed by atoms with E-state index in [1.165, 1.54) is 18.4 Å². The molecule has 0 radical (unpaired) electrons. The van der Waals surface area contributed by atoms with Gasteiger partial charge in [-0.2, -0.15) is 0 Å². The van der Waals surface area contributed by atoms with Gasteiger partial charge in [0.15, 0.2) is 0 Å². The van der Waals surface area contributed by atoms with Crippen LogP contribution in [0.2, 0.25) is 0 Å². The van der Waals surface area contributed by atoms with E-state index >= 15 is 0 Å². The number of benzene rings is 1. The molecule has 1 unspecified atom stereocenters. The topological polar surface area (TPSA) is 41.6 Å².